The fraction of sp³-hybridized carbons (Fsp3) is 0.438. The van der Waals surface area contributed by atoms with Crippen molar-refractivity contribution in [2.24, 2.45) is 5.73 Å². The van der Waals surface area contributed by atoms with Crippen LogP contribution >= 0.6 is 0 Å². The van der Waals surface area contributed by atoms with Gasteiger partial charge >= 0.3 is 0 Å². The number of benzene rings is 1. The van der Waals surface area contributed by atoms with Crippen molar-refractivity contribution < 1.29 is 4.52 Å². The Hall–Kier alpha value is -1.61. The van der Waals surface area contributed by atoms with Gasteiger partial charge in [0, 0.05) is 18.1 Å². The zero-order valence-corrected chi connectivity index (χ0v) is 12.2. The minimum absolute atomic E-state index is 0.128. The van der Waals surface area contributed by atoms with E-state index in [9.17, 15) is 0 Å². The van der Waals surface area contributed by atoms with Gasteiger partial charge in [-0.25, -0.2) is 0 Å². The molecule has 2 N–H and O–H groups in total. The van der Waals surface area contributed by atoms with Crippen LogP contribution in [0.5, 0.6) is 0 Å². The smallest absolute Gasteiger partial charge is 0.167 e. The maximum absolute atomic E-state index is 5.54. The minimum Gasteiger partial charge on any atom is -0.356 e. The number of rotatable bonds is 3. The lowest BCUT2D eigenvalue weighted by Crippen LogP contribution is -2.11. The second-order valence-electron chi connectivity index (χ2n) is 6.00. The summed E-state index contributed by atoms with van der Waals surface area (Å²) in [6.45, 7) is 9.31. The topological polar surface area (TPSA) is 52.0 Å². The first-order valence-electron chi connectivity index (χ1n) is 6.69. The molecule has 1 aromatic carbocycles. The molecule has 3 nitrogen and oxygen atoms in total. The van der Waals surface area contributed by atoms with Gasteiger partial charge in [0.25, 0.3) is 0 Å². The Labute approximate surface area is 114 Å². The van der Waals surface area contributed by atoms with Crippen LogP contribution in [0.1, 0.15) is 37.6 Å². The van der Waals surface area contributed by atoms with E-state index in [4.69, 9.17) is 10.3 Å². The second-order valence-corrected chi connectivity index (χ2v) is 6.00. The lowest BCUT2D eigenvalue weighted by molar-refractivity contribution is 0.423. The number of nitrogens with zero attached hydrogens (tertiary/aromatic N) is 1. The molecule has 2 rings (SSSR count). The highest BCUT2D eigenvalue weighted by Gasteiger charge is 2.17. The van der Waals surface area contributed by atoms with Gasteiger partial charge < -0.3 is 10.3 Å². The van der Waals surface area contributed by atoms with Gasteiger partial charge in [-0.2, -0.15) is 0 Å². The summed E-state index contributed by atoms with van der Waals surface area (Å²) in [6, 6.07) is 8.50. The van der Waals surface area contributed by atoms with E-state index in [1.54, 1.807) is 0 Å². The average Bonchev–Trinajstić information content (AvgIpc) is 2.77. The van der Waals surface area contributed by atoms with E-state index in [0.29, 0.717) is 6.54 Å². The number of hydrogen-bond donors (Lipinski definition) is 1. The van der Waals surface area contributed by atoms with Crippen LogP contribution in [0.4, 0.5) is 0 Å². The van der Waals surface area contributed by atoms with E-state index in [1.165, 1.54) is 11.1 Å². The Balaban J connectivity index is 2.42. The van der Waals surface area contributed by atoms with Gasteiger partial charge in [-0.05, 0) is 36.1 Å². The van der Waals surface area contributed by atoms with Crippen molar-refractivity contribution in [1.29, 1.82) is 0 Å². The summed E-state index contributed by atoms with van der Waals surface area (Å²) in [6.07, 6.45) is 0.751. The molecule has 19 heavy (non-hydrogen) atoms. The first-order valence-corrected chi connectivity index (χ1v) is 6.69. The van der Waals surface area contributed by atoms with Crippen molar-refractivity contribution >= 4 is 0 Å². The lowest BCUT2D eigenvalue weighted by Gasteiger charge is -2.20. The van der Waals surface area contributed by atoms with Crippen LogP contribution < -0.4 is 5.73 Å². The molecule has 0 radical (unpaired) electrons. The third-order valence-electron chi connectivity index (χ3n) is 3.33. The lowest BCUT2D eigenvalue weighted by atomic mass is 9.85. The first kappa shape index (κ1) is 13.8. The zero-order chi connectivity index (χ0) is 14.0. The predicted octanol–water partition coefficient (Wildman–Crippen LogP) is 3.45. The highest BCUT2D eigenvalue weighted by Crippen LogP contribution is 2.30. The monoisotopic (exact) mass is 258 g/mol. The van der Waals surface area contributed by atoms with Crippen LogP contribution in [0.25, 0.3) is 11.3 Å². The van der Waals surface area contributed by atoms with Crippen LogP contribution in [0.2, 0.25) is 0 Å². The van der Waals surface area contributed by atoms with Crippen molar-refractivity contribution in [3.8, 4) is 11.3 Å². The Morgan fingerprint density at radius 3 is 2.58 bits per heavy atom. The highest BCUT2D eigenvalue weighted by atomic mass is 16.5. The Bertz CT molecular complexity index is 564. The summed E-state index contributed by atoms with van der Waals surface area (Å²) >= 11 is 0. The van der Waals surface area contributed by atoms with Gasteiger partial charge in [-0.15, -0.1) is 0 Å². The molecule has 0 aliphatic carbocycles. The minimum atomic E-state index is 0.128. The maximum atomic E-state index is 5.54. The first-order chi connectivity index (χ1) is 8.91. The van der Waals surface area contributed by atoms with Crippen LogP contribution in [-0.2, 0) is 11.8 Å². The van der Waals surface area contributed by atoms with Crippen molar-refractivity contribution in [3.63, 3.8) is 0 Å². The molecule has 0 saturated carbocycles. The van der Waals surface area contributed by atoms with E-state index in [0.717, 1.165) is 23.4 Å². The fourth-order valence-electron chi connectivity index (χ4n) is 2.06. The molecule has 0 amide bonds. The second kappa shape index (κ2) is 5.17. The predicted molar refractivity (Wildman–Crippen MR) is 78.1 cm³/mol. The van der Waals surface area contributed by atoms with Crippen molar-refractivity contribution in [3.05, 3.63) is 41.1 Å². The molecule has 3 heteroatoms. The van der Waals surface area contributed by atoms with E-state index >= 15 is 0 Å². The number of aromatic nitrogens is 1. The quantitative estimate of drug-likeness (QED) is 0.917. The summed E-state index contributed by atoms with van der Waals surface area (Å²) in [5.74, 6) is 0.826. The number of hydrogen-bond acceptors (Lipinski definition) is 3. The molecule has 1 heterocycles. The molecule has 0 bridgehead atoms. The van der Waals surface area contributed by atoms with Gasteiger partial charge in [-0.3, -0.25) is 0 Å². The number of nitrogens with two attached hydrogens (primary N) is 1. The standard InChI is InChI=1S/C16H22N2O/c1-11-5-6-12(16(2,3)4)9-14(11)15-10-13(7-8-17)18-19-15/h5-6,9-10H,7-8,17H2,1-4H3. The van der Waals surface area contributed by atoms with E-state index < -0.39 is 0 Å². The molecule has 2 aromatic rings. The molecule has 102 valence electrons. The molecule has 0 saturated heterocycles. The van der Waals surface area contributed by atoms with Gasteiger partial charge in [0.05, 0.1) is 5.69 Å². The summed E-state index contributed by atoms with van der Waals surface area (Å²) in [5.41, 5.74) is 10.2. The van der Waals surface area contributed by atoms with Gasteiger partial charge in [0.15, 0.2) is 5.76 Å². The molecule has 0 spiro atoms. The molecular formula is C16H22N2O. The molecule has 0 atom stereocenters. The molecule has 1 aromatic heterocycles. The number of aryl methyl sites for hydroxylation is 1. The van der Waals surface area contributed by atoms with Crippen molar-refractivity contribution in [2.45, 2.75) is 39.5 Å². The van der Waals surface area contributed by atoms with Crippen LogP contribution in [-0.4, -0.2) is 11.7 Å². The van der Waals surface area contributed by atoms with E-state index in [1.807, 2.05) is 6.07 Å². The van der Waals surface area contributed by atoms with Crippen molar-refractivity contribution in [2.75, 3.05) is 6.54 Å². The average molecular weight is 258 g/mol. The van der Waals surface area contributed by atoms with E-state index in [-0.39, 0.29) is 5.41 Å². The van der Waals surface area contributed by atoms with Gasteiger partial charge in [-0.1, -0.05) is 38.1 Å². The van der Waals surface area contributed by atoms with Crippen molar-refractivity contribution in [1.82, 2.24) is 5.16 Å². The van der Waals surface area contributed by atoms with Gasteiger partial charge in [0.2, 0.25) is 0 Å². The SMILES string of the molecule is Cc1ccc(C(C)(C)C)cc1-c1cc(CCN)no1. The Morgan fingerprint density at radius 2 is 1.95 bits per heavy atom. The van der Waals surface area contributed by atoms with Crippen LogP contribution in [0, 0.1) is 6.92 Å². The largest absolute Gasteiger partial charge is 0.356 e. The summed E-state index contributed by atoms with van der Waals surface area (Å²) < 4.78 is 5.45. The summed E-state index contributed by atoms with van der Waals surface area (Å²) in [5, 5.41) is 4.06. The van der Waals surface area contributed by atoms with Crippen LogP contribution in [0.15, 0.2) is 28.8 Å². The highest BCUT2D eigenvalue weighted by molar-refractivity contribution is 5.63. The fourth-order valence-corrected chi connectivity index (χ4v) is 2.06. The Morgan fingerprint density at radius 1 is 1.21 bits per heavy atom. The summed E-state index contributed by atoms with van der Waals surface area (Å²) in [4.78, 5) is 0. The van der Waals surface area contributed by atoms with E-state index in [2.05, 4.69) is 51.1 Å². The molecule has 0 fully saturated rings. The molecule has 0 unspecified atom stereocenters. The summed E-state index contributed by atoms with van der Waals surface area (Å²) in [7, 11) is 0. The molecule has 0 aliphatic heterocycles. The van der Waals surface area contributed by atoms with Gasteiger partial charge in [0.1, 0.15) is 0 Å². The molecule has 0 aliphatic rings. The zero-order valence-electron chi connectivity index (χ0n) is 12.2. The normalized spacial score (nSPS) is 11.8. The Kier molecular flexibility index (Phi) is 3.76. The van der Waals surface area contributed by atoms with Crippen LogP contribution in [0.3, 0.4) is 0 Å². The molecular weight excluding hydrogens is 236 g/mol. The third kappa shape index (κ3) is 3.04. The third-order valence-corrected chi connectivity index (χ3v) is 3.33. The maximum Gasteiger partial charge on any atom is 0.167 e.